The highest BCUT2D eigenvalue weighted by Crippen LogP contribution is 2.20. The van der Waals surface area contributed by atoms with Crippen molar-refractivity contribution in [2.24, 2.45) is 0 Å². The standard InChI is InChI=1S/C18H23BrN2/c1-20-13-16-8-9-17(18(19)12-16)14-21(2)11-10-15-6-4-3-5-7-15/h3-9,12,20H,10-11,13-14H2,1-2H3. The molecule has 0 amide bonds. The maximum atomic E-state index is 3.69. The molecule has 0 spiro atoms. The lowest BCUT2D eigenvalue weighted by molar-refractivity contribution is 0.330. The van der Waals surface area contributed by atoms with Crippen molar-refractivity contribution >= 4 is 15.9 Å². The van der Waals surface area contributed by atoms with Crippen molar-refractivity contribution in [1.29, 1.82) is 0 Å². The molecule has 2 rings (SSSR count). The van der Waals surface area contributed by atoms with Crippen LogP contribution in [-0.2, 0) is 19.5 Å². The number of halogens is 1. The molecule has 0 atom stereocenters. The quantitative estimate of drug-likeness (QED) is 0.819. The number of likely N-dealkylation sites (N-methyl/N-ethyl adjacent to an activating group) is 1. The summed E-state index contributed by atoms with van der Waals surface area (Å²) < 4.78 is 1.20. The Hall–Kier alpha value is -1.16. The van der Waals surface area contributed by atoms with E-state index in [1.807, 2.05) is 7.05 Å². The third kappa shape index (κ3) is 5.27. The highest BCUT2D eigenvalue weighted by atomic mass is 79.9. The van der Waals surface area contributed by atoms with Crippen molar-refractivity contribution < 1.29 is 0 Å². The smallest absolute Gasteiger partial charge is 0.0242 e. The van der Waals surface area contributed by atoms with E-state index in [4.69, 9.17) is 0 Å². The summed E-state index contributed by atoms with van der Waals surface area (Å²) in [5.41, 5.74) is 4.04. The summed E-state index contributed by atoms with van der Waals surface area (Å²) in [4.78, 5) is 2.37. The van der Waals surface area contributed by atoms with Crippen LogP contribution in [0.25, 0.3) is 0 Å². The first kappa shape index (κ1) is 16.2. The zero-order chi connectivity index (χ0) is 15.1. The average molecular weight is 347 g/mol. The SMILES string of the molecule is CNCc1ccc(CN(C)CCc2ccccc2)c(Br)c1. The van der Waals surface area contributed by atoms with Gasteiger partial charge in [0.2, 0.25) is 0 Å². The number of benzene rings is 2. The lowest BCUT2D eigenvalue weighted by Crippen LogP contribution is -2.21. The molecule has 0 heterocycles. The van der Waals surface area contributed by atoms with E-state index in [9.17, 15) is 0 Å². The van der Waals surface area contributed by atoms with Crippen LogP contribution in [0.5, 0.6) is 0 Å². The fraction of sp³-hybridized carbons (Fsp3) is 0.333. The van der Waals surface area contributed by atoms with E-state index in [-0.39, 0.29) is 0 Å². The highest BCUT2D eigenvalue weighted by molar-refractivity contribution is 9.10. The van der Waals surface area contributed by atoms with E-state index in [1.54, 1.807) is 0 Å². The van der Waals surface area contributed by atoms with E-state index < -0.39 is 0 Å². The van der Waals surface area contributed by atoms with Crippen LogP contribution >= 0.6 is 15.9 Å². The van der Waals surface area contributed by atoms with Gasteiger partial charge in [0.15, 0.2) is 0 Å². The van der Waals surface area contributed by atoms with Gasteiger partial charge in [-0.1, -0.05) is 58.4 Å². The summed E-state index contributed by atoms with van der Waals surface area (Å²) in [5, 5.41) is 3.18. The predicted molar refractivity (Wildman–Crippen MR) is 93.4 cm³/mol. The molecule has 2 nitrogen and oxygen atoms in total. The Kier molecular flexibility index (Phi) is 6.43. The predicted octanol–water partition coefficient (Wildman–Crippen LogP) is 3.84. The van der Waals surface area contributed by atoms with Crippen molar-refractivity contribution in [1.82, 2.24) is 10.2 Å². The molecule has 0 unspecified atom stereocenters. The van der Waals surface area contributed by atoms with Crippen LogP contribution in [-0.4, -0.2) is 25.5 Å². The first-order valence-corrected chi connectivity index (χ1v) is 8.12. The van der Waals surface area contributed by atoms with Gasteiger partial charge < -0.3 is 10.2 Å². The maximum Gasteiger partial charge on any atom is 0.0242 e. The summed E-state index contributed by atoms with van der Waals surface area (Å²) in [6, 6.07) is 17.3. The van der Waals surface area contributed by atoms with E-state index in [0.717, 1.165) is 26.1 Å². The normalized spacial score (nSPS) is 11.0. The molecule has 0 aliphatic carbocycles. The van der Waals surface area contributed by atoms with Gasteiger partial charge in [-0.15, -0.1) is 0 Å². The van der Waals surface area contributed by atoms with Crippen LogP contribution in [0, 0.1) is 0 Å². The topological polar surface area (TPSA) is 15.3 Å². The second-order valence-electron chi connectivity index (χ2n) is 5.43. The lowest BCUT2D eigenvalue weighted by atomic mass is 10.1. The van der Waals surface area contributed by atoms with Crippen molar-refractivity contribution in [3.05, 3.63) is 69.7 Å². The molecule has 0 aromatic heterocycles. The van der Waals surface area contributed by atoms with Crippen LogP contribution in [0.4, 0.5) is 0 Å². The summed E-state index contributed by atoms with van der Waals surface area (Å²) >= 11 is 3.69. The van der Waals surface area contributed by atoms with Crippen LogP contribution in [0.2, 0.25) is 0 Å². The molecule has 0 saturated heterocycles. The molecular formula is C18H23BrN2. The minimum atomic E-state index is 0.905. The third-order valence-corrected chi connectivity index (χ3v) is 4.30. The average Bonchev–Trinajstić information content (AvgIpc) is 2.49. The van der Waals surface area contributed by atoms with Gasteiger partial charge in [-0.05, 0) is 43.3 Å². The van der Waals surface area contributed by atoms with E-state index >= 15 is 0 Å². The zero-order valence-electron chi connectivity index (χ0n) is 12.8. The van der Waals surface area contributed by atoms with Crippen LogP contribution in [0.1, 0.15) is 16.7 Å². The maximum absolute atomic E-state index is 3.69. The van der Waals surface area contributed by atoms with Gasteiger partial charge in [0.1, 0.15) is 0 Å². The number of hydrogen-bond donors (Lipinski definition) is 1. The van der Waals surface area contributed by atoms with Gasteiger partial charge in [-0.3, -0.25) is 0 Å². The van der Waals surface area contributed by atoms with Gasteiger partial charge >= 0.3 is 0 Å². The monoisotopic (exact) mass is 346 g/mol. The summed E-state index contributed by atoms with van der Waals surface area (Å²) in [6.07, 6.45) is 1.09. The lowest BCUT2D eigenvalue weighted by Gasteiger charge is -2.18. The highest BCUT2D eigenvalue weighted by Gasteiger charge is 2.05. The molecule has 112 valence electrons. The van der Waals surface area contributed by atoms with Crippen LogP contribution in [0.15, 0.2) is 53.0 Å². The molecule has 0 saturated carbocycles. The number of nitrogens with one attached hydrogen (secondary N) is 1. The Morgan fingerprint density at radius 3 is 2.48 bits per heavy atom. The minimum Gasteiger partial charge on any atom is -0.316 e. The molecule has 0 aliphatic heterocycles. The number of hydrogen-bond acceptors (Lipinski definition) is 2. The van der Waals surface area contributed by atoms with Crippen LogP contribution in [0.3, 0.4) is 0 Å². The van der Waals surface area contributed by atoms with Crippen molar-refractivity contribution in [2.45, 2.75) is 19.5 Å². The van der Waals surface area contributed by atoms with E-state index in [2.05, 4.69) is 81.7 Å². The molecule has 21 heavy (non-hydrogen) atoms. The molecule has 0 bridgehead atoms. The number of rotatable bonds is 7. The van der Waals surface area contributed by atoms with Crippen molar-refractivity contribution in [3.63, 3.8) is 0 Å². The number of nitrogens with zero attached hydrogens (tertiary/aromatic N) is 1. The third-order valence-electron chi connectivity index (χ3n) is 3.56. The first-order chi connectivity index (χ1) is 10.2. The van der Waals surface area contributed by atoms with Gasteiger partial charge in [0.05, 0.1) is 0 Å². The Morgan fingerprint density at radius 2 is 1.81 bits per heavy atom. The Morgan fingerprint density at radius 1 is 1.05 bits per heavy atom. The second kappa shape index (κ2) is 8.32. The first-order valence-electron chi connectivity index (χ1n) is 7.33. The zero-order valence-corrected chi connectivity index (χ0v) is 14.4. The molecular weight excluding hydrogens is 324 g/mol. The summed E-state index contributed by atoms with van der Waals surface area (Å²) in [6.45, 7) is 2.94. The minimum absolute atomic E-state index is 0.905. The van der Waals surface area contributed by atoms with Crippen molar-refractivity contribution in [3.8, 4) is 0 Å². The van der Waals surface area contributed by atoms with Crippen LogP contribution < -0.4 is 5.32 Å². The molecule has 3 heteroatoms. The Labute approximate surface area is 136 Å². The molecule has 0 fully saturated rings. The molecule has 2 aromatic rings. The van der Waals surface area contributed by atoms with Crippen molar-refractivity contribution in [2.75, 3.05) is 20.6 Å². The second-order valence-corrected chi connectivity index (χ2v) is 6.28. The van der Waals surface area contributed by atoms with Gasteiger partial charge in [0.25, 0.3) is 0 Å². The Balaban J connectivity index is 1.89. The molecule has 0 radical (unpaired) electrons. The fourth-order valence-corrected chi connectivity index (χ4v) is 2.92. The van der Waals surface area contributed by atoms with E-state index in [1.165, 1.54) is 21.2 Å². The largest absolute Gasteiger partial charge is 0.316 e. The van der Waals surface area contributed by atoms with Gasteiger partial charge in [-0.25, -0.2) is 0 Å². The molecule has 2 aromatic carbocycles. The fourth-order valence-electron chi connectivity index (χ4n) is 2.37. The molecule has 1 N–H and O–H groups in total. The Bertz CT molecular complexity index is 554. The van der Waals surface area contributed by atoms with Gasteiger partial charge in [0, 0.05) is 24.1 Å². The summed E-state index contributed by atoms with van der Waals surface area (Å²) in [5.74, 6) is 0. The van der Waals surface area contributed by atoms with E-state index in [0.29, 0.717) is 0 Å². The van der Waals surface area contributed by atoms with Gasteiger partial charge in [-0.2, -0.15) is 0 Å². The molecule has 0 aliphatic rings. The summed E-state index contributed by atoms with van der Waals surface area (Å²) in [7, 11) is 4.15.